The molecule has 0 saturated carbocycles. The van der Waals surface area contributed by atoms with Crippen LogP contribution in [0.3, 0.4) is 0 Å². The summed E-state index contributed by atoms with van der Waals surface area (Å²) < 4.78 is 1.84. The lowest BCUT2D eigenvalue weighted by Gasteiger charge is -2.35. The van der Waals surface area contributed by atoms with E-state index in [1.54, 1.807) is 17.5 Å². The van der Waals surface area contributed by atoms with E-state index < -0.39 is 0 Å². The molecule has 4 rings (SSSR count). The van der Waals surface area contributed by atoms with Crippen LogP contribution in [0.4, 0.5) is 5.13 Å². The van der Waals surface area contributed by atoms with Crippen LogP contribution in [0.5, 0.6) is 0 Å². The Morgan fingerprint density at radius 3 is 2.58 bits per heavy atom. The fourth-order valence-electron chi connectivity index (χ4n) is 2.95. The van der Waals surface area contributed by atoms with Gasteiger partial charge in [-0.2, -0.15) is 5.10 Å². The molecule has 3 aromatic rings. The van der Waals surface area contributed by atoms with Crippen molar-refractivity contribution in [3.63, 3.8) is 0 Å². The van der Waals surface area contributed by atoms with Gasteiger partial charge in [0.15, 0.2) is 11.1 Å². The van der Waals surface area contributed by atoms with Crippen LogP contribution in [0.2, 0.25) is 0 Å². The van der Waals surface area contributed by atoms with Gasteiger partial charge in [-0.25, -0.2) is 14.7 Å². The number of nitrogens with zero attached hydrogens (tertiary/aromatic N) is 6. The molecule has 1 aliphatic heterocycles. The van der Waals surface area contributed by atoms with Gasteiger partial charge >= 0.3 is 0 Å². The summed E-state index contributed by atoms with van der Waals surface area (Å²) in [5.74, 6) is 0.611. The van der Waals surface area contributed by atoms with Gasteiger partial charge in [0.2, 0.25) is 0 Å². The van der Waals surface area contributed by atoms with Crippen molar-refractivity contribution in [1.82, 2.24) is 19.7 Å². The summed E-state index contributed by atoms with van der Waals surface area (Å²) in [5.41, 5.74) is 8.36. The SMILES string of the molecule is NC(=NCc1ccc(-n2cccn2)cc1)N1CCN(c2nccs2)CC1. The van der Waals surface area contributed by atoms with Gasteiger partial charge in [0, 0.05) is 50.1 Å². The second-order valence-electron chi connectivity index (χ2n) is 6.08. The second kappa shape index (κ2) is 7.57. The first-order chi connectivity index (χ1) is 12.8. The molecule has 0 spiro atoms. The van der Waals surface area contributed by atoms with E-state index in [0.29, 0.717) is 12.5 Å². The molecule has 8 heteroatoms. The molecule has 1 aliphatic rings. The fraction of sp³-hybridized carbons (Fsp3) is 0.278. The van der Waals surface area contributed by atoms with E-state index in [4.69, 9.17) is 5.73 Å². The predicted molar refractivity (Wildman–Crippen MR) is 105 cm³/mol. The van der Waals surface area contributed by atoms with Crippen LogP contribution in [0.25, 0.3) is 5.69 Å². The third-order valence-corrected chi connectivity index (χ3v) is 5.25. The van der Waals surface area contributed by atoms with Gasteiger partial charge in [0.25, 0.3) is 0 Å². The second-order valence-corrected chi connectivity index (χ2v) is 6.95. The topological polar surface area (TPSA) is 75.6 Å². The largest absolute Gasteiger partial charge is 0.370 e. The molecular weight excluding hydrogens is 346 g/mol. The Hall–Kier alpha value is -2.87. The Labute approximate surface area is 156 Å². The minimum Gasteiger partial charge on any atom is -0.370 e. The van der Waals surface area contributed by atoms with Crippen LogP contribution >= 0.6 is 11.3 Å². The van der Waals surface area contributed by atoms with Crippen LogP contribution < -0.4 is 10.6 Å². The number of benzene rings is 1. The number of piperazine rings is 1. The van der Waals surface area contributed by atoms with Gasteiger partial charge < -0.3 is 15.5 Å². The molecule has 1 fully saturated rings. The van der Waals surface area contributed by atoms with E-state index >= 15 is 0 Å². The van der Waals surface area contributed by atoms with Crippen molar-refractivity contribution in [2.45, 2.75) is 6.54 Å². The maximum Gasteiger partial charge on any atom is 0.191 e. The summed E-state index contributed by atoms with van der Waals surface area (Å²) in [7, 11) is 0. The highest BCUT2D eigenvalue weighted by Gasteiger charge is 2.19. The molecule has 0 radical (unpaired) electrons. The van der Waals surface area contributed by atoms with E-state index in [-0.39, 0.29) is 0 Å². The summed E-state index contributed by atoms with van der Waals surface area (Å²) in [4.78, 5) is 13.4. The highest BCUT2D eigenvalue weighted by Crippen LogP contribution is 2.18. The smallest absolute Gasteiger partial charge is 0.191 e. The van der Waals surface area contributed by atoms with Gasteiger partial charge in [-0.15, -0.1) is 11.3 Å². The molecule has 134 valence electrons. The maximum absolute atomic E-state index is 6.20. The molecule has 7 nitrogen and oxygen atoms in total. The lowest BCUT2D eigenvalue weighted by molar-refractivity contribution is 0.380. The monoisotopic (exact) mass is 367 g/mol. The van der Waals surface area contributed by atoms with Crippen molar-refractivity contribution in [3.8, 4) is 5.69 Å². The lowest BCUT2D eigenvalue weighted by atomic mass is 10.2. The van der Waals surface area contributed by atoms with Gasteiger partial charge in [-0.3, -0.25) is 0 Å². The van der Waals surface area contributed by atoms with Gasteiger partial charge in [0.05, 0.1) is 12.2 Å². The molecule has 0 atom stereocenters. The van der Waals surface area contributed by atoms with Gasteiger partial charge in [-0.05, 0) is 23.8 Å². The zero-order valence-corrected chi connectivity index (χ0v) is 15.2. The molecule has 0 unspecified atom stereocenters. The average molecular weight is 367 g/mol. The summed E-state index contributed by atoms with van der Waals surface area (Å²) in [6.07, 6.45) is 5.55. The minimum absolute atomic E-state index is 0.581. The third-order valence-electron chi connectivity index (χ3n) is 4.42. The molecular formula is C18H21N7S. The number of guanidine groups is 1. The van der Waals surface area contributed by atoms with Crippen LogP contribution in [-0.2, 0) is 6.54 Å². The molecule has 1 saturated heterocycles. The van der Waals surface area contributed by atoms with E-state index in [9.17, 15) is 0 Å². The first-order valence-corrected chi connectivity index (χ1v) is 9.46. The van der Waals surface area contributed by atoms with Crippen molar-refractivity contribution >= 4 is 22.4 Å². The fourth-order valence-corrected chi connectivity index (χ4v) is 3.64. The molecule has 0 aliphatic carbocycles. The zero-order chi connectivity index (χ0) is 17.8. The molecule has 2 aromatic heterocycles. The summed E-state index contributed by atoms with van der Waals surface area (Å²) >= 11 is 1.68. The number of rotatable bonds is 4. The number of hydrogen-bond acceptors (Lipinski definition) is 5. The summed E-state index contributed by atoms with van der Waals surface area (Å²) in [6, 6.07) is 10.1. The first-order valence-electron chi connectivity index (χ1n) is 8.58. The Morgan fingerprint density at radius 1 is 1.12 bits per heavy atom. The maximum atomic E-state index is 6.20. The number of thiazole rings is 1. The Balaban J connectivity index is 1.32. The number of aromatic nitrogens is 3. The van der Waals surface area contributed by atoms with E-state index in [1.807, 2.05) is 40.7 Å². The quantitative estimate of drug-likeness (QED) is 0.564. The average Bonchev–Trinajstić information content (AvgIpc) is 3.40. The molecule has 26 heavy (non-hydrogen) atoms. The molecule has 2 N–H and O–H groups in total. The van der Waals surface area contributed by atoms with Crippen molar-refractivity contribution in [3.05, 3.63) is 59.9 Å². The molecule has 0 bridgehead atoms. The van der Waals surface area contributed by atoms with Gasteiger partial charge in [0.1, 0.15) is 0 Å². The predicted octanol–water partition coefficient (Wildman–Crippen LogP) is 1.97. The van der Waals surface area contributed by atoms with Gasteiger partial charge in [-0.1, -0.05) is 12.1 Å². The summed E-state index contributed by atoms with van der Waals surface area (Å²) in [6.45, 7) is 4.16. The Kier molecular flexibility index (Phi) is 4.83. The first kappa shape index (κ1) is 16.6. The minimum atomic E-state index is 0.581. The molecule has 1 aromatic carbocycles. The Bertz CT molecular complexity index is 832. The number of nitrogens with two attached hydrogens (primary N) is 1. The van der Waals surface area contributed by atoms with E-state index in [0.717, 1.165) is 42.6 Å². The van der Waals surface area contributed by atoms with Crippen LogP contribution in [0.1, 0.15) is 5.56 Å². The zero-order valence-electron chi connectivity index (χ0n) is 14.4. The van der Waals surface area contributed by atoms with Crippen molar-refractivity contribution in [1.29, 1.82) is 0 Å². The molecule has 3 heterocycles. The van der Waals surface area contributed by atoms with Crippen molar-refractivity contribution in [2.24, 2.45) is 10.7 Å². The van der Waals surface area contributed by atoms with E-state index in [2.05, 4.69) is 37.0 Å². The van der Waals surface area contributed by atoms with Crippen LogP contribution in [-0.4, -0.2) is 51.8 Å². The standard InChI is InChI=1S/C18H21N7S/c19-17(23-9-11-24(12-10-23)18-20-7-13-26-18)21-14-15-2-4-16(5-3-15)25-8-1-6-22-25/h1-8,13H,9-12,14H2,(H2,19,21). The molecule has 0 amide bonds. The van der Waals surface area contributed by atoms with Crippen molar-refractivity contribution in [2.75, 3.05) is 31.1 Å². The highest BCUT2D eigenvalue weighted by molar-refractivity contribution is 7.13. The normalized spacial score (nSPS) is 15.5. The number of anilines is 1. The Morgan fingerprint density at radius 2 is 1.92 bits per heavy atom. The van der Waals surface area contributed by atoms with Crippen LogP contribution in [0.15, 0.2) is 59.3 Å². The number of aliphatic imine (C=N–C) groups is 1. The van der Waals surface area contributed by atoms with Crippen molar-refractivity contribution < 1.29 is 0 Å². The van der Waals surface area contributed by atoms with E-state index in [1.165, 1.54) is 0 Å². The van der Waals surface area contributed by atoms with Crippen LogP contribution in [0, 0.1) is 0 Å². The summed E-state index contributed by atoms with van der Waals surface area (Å²) in [5, 5.41) is 7.32. The number of hydrogen-bond donors (Lipinski definition) is 1. The third kappa shape index (κ3) is 3.70. The highest BCUT2D eigenvalue weighted by atomic mass is 32.1. The lowest BCUT2D eigenvalue weighted by Crippen LogP contribution is -2.51.